The van der Waals surface area contributed by atoms with Crippen LogP contribution in [0.15, 0.2) is 12.2 Å². The largest absolute Gasteiger partial charge is 0.276 e. The summed E-state index contributed by atoms with van der Waals surface area (Å²) < 4.78 is 20.5. The molecule has 0 bridgehead atoms. The van der Waals surface area contributed by atoms with Crippen molar-refractivity contribution < 1.29 is 13.7 Å². The summed E-state index contributed by atoms with van der Waals surface area (Å²) in [7, 11) is 0. The van der Waals surface area contributed by atoms with E-state index >= 15 is 0 Å². The molecule has 0 aromatic heterocycles. The van der Waals surface area contributed by atoms with Crippen LogP contribution in [0, 0.1) is 0 Å². The minimum Gasteiger partial charge on any atom is -0.276 e. The molecule has 0 radical (unpaired) electrons. The molecule has 3 heteroatoms. The van der Waals surface area contributed by atoms with Gasteiger partial charge in [0, 0.05) is 22.8 Å². The third-order valence-corrected chi connectivity index (χ3v) is 1.06. The molecule has 1 heterocycles. The third-order valence-electron chi connectivity index (χ3n) is 1.06. The van der Waals surface area contributed by atoms with Crippen molar-refractivity contribution in [2.45, 2.75) is 6.85 Å². The van der Waals surface area contributed by atoms with Crippen LogP contribution in [0.2, 0.25) is 0 Å². The Balaban J connectivity index is 2.66. The fraction of sp³-hybridized carbons (Fsp3) is 0.333. The molecule has 1 rings (SSSR count). The zero-order chi connectivity index (χ0) is 9.35. The summed E-state index contributed by atoms with van der Waals surface area (Å²) in [6, 6.07) is 0. The summed E-state index contributed by atoms with van der Waals surface area (Å²) in [6.07, 6.45) is 2.13. The molecule has 0 spiro atoms. The summed E-state index contributed by atoms with van der Waals surface area (Å²) in [5, 5.41) is 0. The van der Waals surface area contributed by atoms with Gasteiger partial charge in [-0.3, -0.25) is 14.5 Å². The SMILES string of the molecule is [2H]C([2H])([2H])CN1C(=O)C=CC1=O. The van der Waals surface area contributed by atoms with Gasteiger partial charge < -0.3 is 0 Å². The van der Waals surface area contributed by atoms with E-state index in [2.05, 4.69) is 0 Å². The van der Waals surface area contributed by atoms with E-state index in [0.29, 0.717) is 4.90 Å². The molecule has 9 heavy (non-hydrogen) atoms. The lowest BCUT2D eigenvalue weighted by molar-refractivity contribution is -0.136. The molecular weight excluding hydrogens is 118 g/mol. The smallest absolute Gasteiger partial charge is 0.253 e. The molecule has 0 atom stereocenters. The first kappa shape index (κ1) is 3.15. The summed E-state index contributed by atoms with van der Waals surface area (Å²) in [4.78, 5) is 22.4. The summed E-state index contributed by atoms with van der Waals surface area (Å²) in [5.74, 6) is -1.12. The molecule has 0 aromatic rings. The van der Waals surface area contributed by atoms with Crippen molar-refractivity contribution in [1.29, 1.82) is 0 Å². The van der Waals surface area contributed by atoms with Crippen molar-refractivity contribution in [2.75, 3.05) is 6.54 Å². The van der Waals surface area contributed by atoms with E-state index in [9.17, 15) is 9.59 Å². The van der Waals surface area contributed by atoms with Crippen LogP contribution >= 0.6 is 0 Å². The average molecular weight is 128 g/mol. The van der Waals surface area contributed by atoms with E-state index in [0.717, 1.165) is 12.2 Å². The Labute approximate surface area is 57.2 Å². The van der Waals surface area contributed by atoms with E-state index in [1.807, 2.05) is 0 Å². The second-order valence-electron chi connectivity index (χ2n) is 1.60. The van der Waals surface area contributed by atoms with Gasteiger partial charge in [0.2, 0.25) is 0 Å². The van der Waals surface area contributed by atoms with Crippen LogP contribution in [0.5, 0.6) is 0 Å². The minimum absolute atomic E-state index is 0.516. The van der Waals surface area contributed by atoms with Crippen molar-refractivity contribution >= 4 is 11.8 Å². The lowest BCUT2D eigenvalue weighted by atomic mass is 10.5. The lowest BCUT2D eigenvalue weighted by Crippen LogP contribution is -2.29. The number of amides is 2. The first-order valence-electron chi connectivity index (χ1n) is 3.94. The zero-order valence-corrected chi connectivity index (χ0v) is 4.63. The van der Waals surface area contributed by atoms with Crippen molar-refractivity contribution in [2.24, 2.45) is 0 Å². The molecule has 0 saturated carbocycles. The molecule has 1 aliphatic rings. The normalized spacial score (nSPS) is 24.0. The van der Waals surface area contributed by atoms with Gasteiger partial charge in [0.05, 0.1) is 0 Å². The van der Waals surface area contributed by atoms with Gasteiger partial charge in [-0.25, -0.2) is 0 Å². The van der Waals surface area contributed by atoms with Crippen LogP contribution in [0.25, 0.3) is 0 Å². The predicted molar refractivity (Wildman–Crippen MR) is 31.5 cm³/mol. The zero-order valence-electron chi connectivity index (χ0n) is 7.63. The molecule has 0 N–H and O–H groups in total. The average Bonchev–Trinajstić information content (AvgIpc) is 2.16. The van der Waals surface area contributed by atoms with E-state index < -0.39 is 25.2 Å². The molecule has 3 nitrogen and oxygen atoms in total. The maximum Gasteiger partial charge on any atom is 0.253 e. The highest BCUT2D eigenvalue weighted by molar-refractivity contribution is 6.12. The van der Waals surface area contributed by atoms with Gasteiger partial charge >= 0.3 is 0 Å². The minimum atomic E-state index is -2.28. The van der Waals surface area contributed by atoms with E-state index in [1.54, 1.807) is 0 Å². The Morgan fingerprint density at radius 1 is 1.56 bits per heavy atom. The van der Waals surface area contributed by atoms with Gasteiger partial charge in [0.1, 0.15) is 0 Å². The van der Waals surface area contributed by atoms with Crippen LogP contribution in [0.1, 0.15) is 11.0 Å². The number of rotatable bonds is 1. The van der Waals surface area contributed by atoms with Gasteiger partial charge in [0.15, 0.2) is 0 Å². The fourth-order valence-electron chi connectivity index (χ4n) is 0.587. The Hall–Kier alpha value is -1.12. The predicted octanol–water partition coefficient (Wildman–Crippen LogP) is -0.0687. The molecule has 0 unspecified atom stereocenters. The number of carbonyl (C=O) groups is 2. The Morgan fingerprint density at radius 3 is 2.56 bits per heavy atom. The monoisotopic (exact) mass is 128 g/mol. The molecular formula is C6H7NO2. The molecule has 2 amide bonds. The van der Waals surface area contributed by atoms with Gasteiger partial charge in [-0.1, -0.05) is 0 Å². The van der Waals surface area contributed by atoms with Gasteiger partial charge in [0.25, 0.3) is 11.8 Å². The number of carbonyl (C=O) groups excluding carboxylic acids is 2. The number of hydrogen-bond donors (Lipinski definition) is 0. The van der Waals surface area contributed by atoms with Crippen molar-refractivity contribution in [3.05, 3.63) is 12.2 Å². The van der Waals surface area contributed by atoms with Crippen molar-refractivity contribution in [3.8, 4) is 0 Å². The standard InChI is InChI=1S/C6H7NO2/c1-2-7-5(8)3-4-6(7)9/h3-4H,2H2,1H3/i1D3. The highest BCUT2D eigenvalue weighted by atomic mass is 16.2. The highest BCUT2D eigenvalue weighted by Gasteiger charge is 2.20. The van der Waals surface area contributed by atoms with Crippen LogP contribution in [-0.2, 0) is 9.59 Å². The van der Waals surface area contributed by atoms with Crippen LogP contribution in [-0.4, -0.2) is 23.3 Å². The second kappa shape index (κ2) is 2.01. The highest BCUT2D eigenvalue weighted by Crippen LogP contribution is 2.00. The quantitative estimate of drug-likeness (QED) is 0.463. The van der Waals surface area contributed by atoms with E-state index in [1.165, 1.54) is 0 Å². The molecule has 48 valence electrons. The summed E-state index contributed by atoms with van der Waals surface area (Å²) in [6.45, 7) is -2.80. The number of hydrogen-bond acceptors (Lipinski definition) is 2. The van der Waals surface area contributed by atoms with Gasteiger partial charge in [-0.05, 0) is 6.85 Å². The van der Waals surface area contributed by atoms with Crippen LogP contribution < -0.4 is 0 Å². The number of likely N-dealkylation sites (N-methyl/N-ethyl adjacent to an activating group) is 1. The molecule has 0 aromatic carbocycles. The topological polar surface area (TPSA) is 37.4 Å². The Kier molecular flexibility index (Phi) is 0.704. The van der Waals surface area contributed by atoms with Crippen molar-refractivity contribution in [3.63, 3.8) is 0 Å². The molecule has 1 aliphatic heterocycles. The molecule has 0 fully saturated rings. The summed E-state index contributed by atoms with van der Waals surface area (Å²) >= 11 is 0. The maximum absolute atomic E-state index is 10.8. The third kappa shape index (κ3) is 0.850. The number of imide groups is 1. The van der Waals surface area contributed by atoms with Gasteiger partial charge in [-0.2, -0.15) is 0 Å². The molecule has 0 saturated heterocycles. The Bertz CT molecular complexity index is 238. The maximum atomic E-state index is 10.8. The van der Waals surface area contributed by atoms with Crippen molar-refractivity contribution in [1.82, 2.24) is 4.90 Å². The van der Waals surface area contributed by atoms with Gasteiger partial charge in [-0.15, -0.1) is 0 Å². The second-order valence-corrected chi connectivity index (χ2v) is 1.60. The first-order chi connectivity index (χ1) is 5.40. The van der Waals surface area contributed by atoms with Crippen LogP contribution in [0.3, 0.4) is 0 Å². The lowest BCUT2D eigenvalue weighted by Gasteiger charge is -2.08. The van der Waals surface area contributed by atoms with E-state index in [4.69, 9.17) is 4.11 Å². The van der Waals surface area contributed by atoms with Crippen LogP contribution in [0.4, 0.5) is 0 Å². The van der Waals surface area contributed by atoms with E-state index in [-0.39, 0.29) is 0 Å². The first-order valence-corrected chi connectivity index (χ1v) is 2.44. The fourth-order valence-corrected chi connectivity index (χ4v) is 0.587. The number of nitrogens with zero attached hydrogens (tertiary/aromatic N) is 1. The Morgan fingerprint density at radius 2 is 2.11 bits per heavy atom. The summed E-state index contributed by atoms with van der Waals surface area (Å²) in [5.41, 5.74) is 0. The molecule has 0 aliphatic carbocycles.